The third kappa shape index (κ3) is 2.71. The maximum Gasteiger partial charge on any atom is 0.123 e. The van der Waals surface area contributed by atoms with Gasteiger partial charge in [0.15, 0.2) is 0 Å². The van der Waals surface area contributed by atoms with E-state index in [1.54, 1.807) is 10.7 Å². The van der Waals surface area contributed by atoms with Crippen LogP contribution in [0.1, 0.15) is 23.0 Å². The van der Waals surface area contributed by atoms with Crippen molar-refractivity contribution >= 4 is 0 Å². The van der Waals surface area contributed by atoms with Gasteiger partial charge in [-0.2, -0.15) is 5.10 Å². The molecule has 0 bridgehead atoms. The van der Waals surface area contributed by atoms with Crippen LogP contribution in [0.3, 0.4) is 0 Å². The maximum absolute atomic E-state index is 13.0. The van der Waals surface area contributed by atoms with Crippen molar-refractivity contribution < 1.29 is 4.39 Å². The molecule has 0 amide bonds. The van der Waals surface area contributed by atoms with Crippen LogP contribution in [0.2, 0.25) is 0 Å². The molecule has 0 fully saturated rings. The first-order chi connectivity index (χ1) is 8.06. The molecule has 0 spiro atoms. The second-order valence-electron chi connectivity index (χ2n) is 4.27. The Bertz CT molecular complexity index is 519. The number of aromatic nitrogens is 2. The van der Waals surface area contributed by atoms with Gasteiger partial charge in [-0.3, -0.25) is 4.68 Å². The van der Waals surface area contributed by atoms with E-state index in [-0.39, 0.29) is 11.9 Å². The summed E-state index contributed by atoms with van der Waals surface area (Å²) in [4.78, 5) is 0. The second-order valence-corrected chi connectivity index (χ2v) is 4.27. The third-order valence-corrected chi connectivity index (χ3v) is 2.76. The summed E-state index contributed by atoms with van der Waals surface area (Å²) >= 11 is 0. The molecule has 0 saturated heterocycles. The molecule has 90 valence electrons. The van der Waals surface area contributed by atoms with Gasteiger partial charge in [-0.05, 0) is 37.1 Å². The van der Waals surface area contributed by atoms with E-state index in [9.17, 15) is 4.39 Å². The fourth-order valence-corrected chi connectivity index (χ4v) is 2.00. The van der Waals surface area contributed by atoms with Gasteiger partial charge in [-0.1, -0.05) is 12.1 Å². The number of nitrogens with zero attached hydrogens (tertiary/aromatic N) is 2. The van der Waals surface area contributed by atoms with Gasteiger partial charge in [-0.15, -0.1) is 0 Å². The van der Waals surface area contributed by atoms with Crippen molar-refractivity contribution in [2.75, 3.05) is 0 Å². The molecule has 1 aromatic carbocycles. The van der Waals surface area contributed by atoms with E-state index in [2.05, 4.69) is 5.10 Å². The molecule has 4 heteroatoms. The first-order valence-corrected chi connectivity index (χ1v) is 5.57. The molecular weight excluding hydrogens is 217 g/mol. The van der Waals surface area contributed by atoms with E-state index in [4.69, 9.17) is 5.73 Å². The van der Waals surface area contributed by atoms with E-state index in [0.29, 0.717) is 6.42 Å². The molecule has 1 aromatic heterocycles. The Morgan fingerprint density at radius 2 is 2.18 bits per heavy atom. The Hall–Kier alpha value is -1.68. The minimum atomic E-state index is -0.226. The monoisotopic (exact) mass is 233 g/mol. The first-order valence-electron chi connectivity index (χ1n) is 5.57. The lowest BCUT2D eigenvalue weighted by molar-refractivity contribution is 0.604. The zero-order chi connectivity index (χ0) is 12.4. The molecule has 0 aliphatic carbocycles. The van der Waals surface area contributed by atoms with E-state index in [1.165, 1.54) is 12.1 Å². The van der Waals surface area contributed by atoms with Crippen LogP contribution in [0.15, 0.2) is 30.3 Å². The normalized spacial score (nSPS) is 12.7. The van der Waals surface area contributed by atoms with Gasteiger partial charge in [-0.25, -0.2) is 4.39 Å². The minimum absolute atomic E-state index is 0.164. The summed E-state index contributed by atoms with van der Waals surface area (Å²) in [5, 5.41) is 4.25. The SMILES string of the molecule is Cc1cc(C(N)Cc2cccc(F)c2)n(C)n1. The number of aryl methyl sites for hydroxylation is 2. The summed E-state index contributed by atoms with van der Waals surface area (Å²) in [6, 6.07) is 8.33. The van der Waals surface area contributed by atoms with Crippen molar-refractivity contribution in [2.45, 2.75) is 19.4 Å². The summed E-state index contributed by atoms with van der Waals surface area (Å²) in [6.45, 7) is 1.93. The predicted octanol–water partition coefficient (Wildman–Crippen LogP) is 2.11. The molecule has 0 saturated carbocycles. The molecular formula is C13H16FN3. The van der Waals surface area contributed by atoms with Crippen LogP contribution < -0.4 is 5.73 Å². The molecule has 2 aromatic rings. The highest BCUT2D eigenvalue weighted by Crippen LogP contribution is 2.17. The summed E-state index contributed by atoms with van der Waals surface area (Å²) in [7, 11) is 1.87. The Labute approximate surface area is 100 Å². The first kappa shape index (κ1) is 11.8. The Kier molecular flexibility index (Phi) is 3.24. The topological polar surface area (TPSA) is 43.8 Å². The lowest BCUT2D eigenvalue weighted by Gasteiger charge is -2.11. The molecule has 1 heterocycles. The van der Waals surface area contributed by atoms with Crippen molar-refractivity contribution in [1.29, 1.82) is 0 Å². The van der Waals surface area contributed by atoms with Crippen molar-refractivity contribution in [2.24, 2.45) is 12.8 Å². The van der Waals surface area contributed by atoms with Gasteiger partial charge in [0.2, 0.25) is 0 Å². The number of nitrogens with two attached hydrogens (primary N) is 1. The lowest BCUT2D eigenvalue weighted by atomic mass is 10.0. The van der Waals surface area contributed by atoms with Crippen LogP contribution in [0.4, 0.5) is 4.39 Å². The van der Waals surface area contributed by atoms with Crippen LogP contribution in [0.25, 0.3) is 0 Å². The van der Waals surface area contributed by atoms with Gasteiger partial charge in [0.05, 0.1) is 17.4 Å². The highest BCUT2D eigenvalue weighted by molar-refractivity contribution is 5.21. The summed E-state index contributed by atoms with van der Waals surface area (Å²) in [5.74, 6) is -0.226. The van der Waals surface area contributed by atoms with E-state index >= 15 is 0 Å². The van der Waals surface area contributed by atoms with Crippen LogP contribution >= 0.6 is 0 Å². The molecule has 0 aliphatic heterocycles. The van der Waals surface area contributed by atoms with E-state index in [0.717, 1.165) is 17.0 Å². The molecule has 1 unspecified atom stereocenters. The van der Waals surface area contributed by atoms with Crippen molar-refractivity contribution in [3.63, 3.8) is 0 Å². The number of rotatable bonds is 3. The largest absolute Gasteiger partial charge is 0.322 e. The van der Waals surface area contributed by atoms with Gasteiger partial charge in [0.1, 0.15) is 5.82 Å². The van der Waals surface area contributed by atoms with E-state index in [1.807, 2.05) is 26.1 Å². The third-order valence-electron chi connectivity index (χ3n) is 2.76. The number of hydrogen-bond acceptors (Lipinski definition) is 2. The fourth-order valence-electron chi connectivity index (χ4n) is 2.00. The molecule has 0 radical (unpaired) electrons. The Morgan fingerprint density at radius 3 is 2.76 bits per heavy atom. The van der Waals surface area contributed by atoms with Gasteiger partial charge in [0, 0.05) is 7.05 Å². The van der Waals surface area contributed by atoms with Crippen LogP contribution in [-0.2, 0) is 13.5 Å². The smallest absolute Gasteiger partial charge is 0.123 e. The molecule has 3 nitrogen and oxygen atoms in total. The average molecular weight is 233 g/mol. The highest BCUT2D eigenvalue weighted by Gasteiger charge is 2.12. The fraction of sp³-hybridized carbons (Fsp3) is 0.308. The van der Waals surface area contributed by atoms with E-state index < -0.39 is 0 Å². The Morgan fingerprint density at radius 1 is 1.41 bits per heavy atom. The number of halogens is 1. The number of benzene rings is 1. The summed E-state index contributed by atoms with van der Waals surface area (Å²) < 4.78 is 14.8. The quantitative estimate of drug-likeness (QED) is 0.882. The maximum atomic E-state index is 13.0. The highest BCUT2D eigenvalue weighted by atomic mass is 19.1. The molecule has 2 N–H and O–H groups in total. The van der Waals surface area contributed by atoms with Crippen LogP contribution in [0, 0.1) is 12.7 Å². The standard InChI is InChI=1S/C13H16FN3/c1-9-6-13(17(2)16-9)12(15)8-10-4-3-5-11(14)7-10/h3-7,12H,8,15H2,1-2H3. The van der Waals surface area contributed by atoms with Crippen molar-refractivity contribution in [3.8, 4) is 0 Å². The Balaban J connectivity index is 2.16. The van der Waals surface area contributed by atoms with Crippen molar-refractivity contribution in [1.82, 2.24) is 9.78 Å². The predicted molar refractivity (Wildman–Crippen MR) is 65.0 cm³/mol. The summed E-state index contributed by atoms with van der Waals surface area (Å²) in [5.41, 5.74) is 8.91. The zero-order valence-electron chi connectivity index (χ0n) is 10.0. The molecule has 0 aliphatic rings. The summed E-state index contributed by atoms with van der Waals surface area (Å²) in [6.07, 6.45) is 0.608. The molecule has 2 rings (SSSR count). The van der Waals surface area contributed by atoms with Crippen LogP contribution in [-0.4, -0.2) is 9.78 Å². The van der Waals surface area contributed by atoms with Gasteiger partial charge < -0.3 is 5.73 Å². The second kappa shape index (κ2) is 4.67. The van der Waals surface area contributed by atoms with Crippen LogP contribution in [0.5, 0.6) is 0 Å². The molecule has 1 atom stereocenters. The minimum Gasteiger partial charge on any atom is -0.322 e. The van der Waals surface area contributed by atoms with Crippen molar-refractivity contribution in [3.05, 3.63) is 53.1 Å². The average Bonchev–Trinajstić information content (AvgIpc) is 2.58. The molecule has 17 heavy (non-hydrogen) atoms. The van der Waals surface area contributed by atoms with Gasteiger partial charge in [0.25, 0.3) is 0 Å². The zero-order valence-corrected chi connectivity index (χ0v) is 10.0. The lowest BCUT2D eigenvalue weighted by Crippen LogP contribution is -2.17. The number of hydrogen-bond donors (Lipinski definition) is 1. The van der Waals surface area contributed by atoms with Gasteiger partial charge >= 0.3 is 0 Å².